The highest BCUT2D eigenvalue weighted by Crippen LogP contribution is 2.34. The number of benzene rings is 2. The molecule has 35 heavy (non-hydrogen) atoms. The standard InChI is InChI=1S/C23H21Cl2F3N4O2S/c1-4-9-32-21(14(3)34-19-10-13(2)5-7-17(19)25)30-31-22(32)35-12-20(33)29-18-11-15(23(26,27)28)6-8-16(18)24/h4-8,10-11,14H,1,9,12H2,2-3H3,(H,29,33). The highest BCUT2D eigenvalue weighted by Gasteiger charge is 2.31. The smallest absolute Gasteiger partial charge is 0.416 e. The summed E-state index contributed by atoms with van der Waals surface area (Å²) in [5.74, 6) is 0.299. The summed E-state index contributed by atoms with van der Waals surface area (Å²) >= 11 is 13.2. The lowest BCUT2D eigenvalue weighted by Crippen LogP contribution is -2.16. The summed E-state index contributed by atoms with van der Waals surface area (Å²) in [6.45, 7) is 7.80. The number of thioether (sulfide) groups is 1. The number of amides is 1. The molecule has 1 amide bonds. The van der Waals surface area contributed by atoms with Crippen molar-refractivity contribution >= 4 is 46.6 Å². The fourth-order valence-corrected chi connectivity index (χ4v) is 4.15. The highest BCUT2D eigenvalue weighted by molar-refractivity contribution is 7.99. The van der Waals surface area contributed by atoms with Gasteiger partial charge in [0.2, 0.25) is 5.91 Å². The molecule has 1 heterocycles. The Morgan fingerprint density at radius 1 is 1.23 bits per heavy atom. The molecule has 3 rings (SSSR count). The van der Waals surface area contributed by atoms with E-state index < -0.39 is 23.8 Å². The van der Waals surface area contributed by atoms with Gasteiger partial charge in [0.15, 0.2) is 17.1 Å². The Bertz CT molecular complexity index is 1230. The molecule has 0 bridgehead atoms. The lowest BCUT2D eigenvalue weighted by atomic mass is 10.2. The molecule has 0 aliphatic carbocycles. The zero-order valence-electron chi connectivity index (χ0n) is 18.7. The van der Waals surface area contributed by atoms with Crippen LogP contribution in [-0.2, 0) is 17.5 Å². The summed E-state index contributed by atoms with van der Waals surface area (Å²) in [5.41, 5.74) is -0.0624. The molecule has 1 N–H and O–H groups in total. The van der Waals surface area contributed by atoms with Crippen LogP contribution >= 0.6 is 35.0 Å². The number of carbonyl (C=O) groups excluding carboxylic acids is 1. The van der Waals surface area contributed by atoms with E-state index >= 15 is 0 Å². The fraction of sp³-hybridized carbons (Fsp3) is 0.261. The van der Waals surface area contributed by atoms with Crippen molar-refractivity contribution in [2.75, 3.05) is 11.1 Å². The largest absolute Gasteiger partial charge is 0.481 e. The summed E-state index contributed by atoms with van der Waals surface area (Å²) in [4.78, 5) is 12.4. The van der Waals surface area contributed by atoms with Gasteiger partial charge in [0.1, 0.15) is 5.75 Å². The van der Waals surface area contributed by atoms with Gasteiger partial charge in [-0.2, -0.15) is 13.2 Å². The van der Waals surface area contributed by atoms with Crippen LogP contribution in [0.15, 0.2) is 54.2 Å². The Hall–Kier alpha value is -2.69. The molecule has 0 saturated heterocycles. The van der Waals surface area contributed by atoms with Crippen molar-refractivity contribution < 1.29 is 22.7 Å². The Morgan fingerprint density at radius 2 is 1.94 bits per heavy atom. The number of allylic oxidation sites excluding steroid dienone is 1. The maximum absolute atomic E-state index is 13.0. The first-order valence-corrected chi connectivity index (χ1v) is 12.0. The molecule has 0 saturated carbocycles. The minimum Gasteiger partial charge on any atom is -0.481 e. The van der Waals surface area contributed by atoms with Crippen LogP contribution in [0.5, 0.6) is 5.75 Å². The van der Waals surface area contributed by atoms with Gasteiger partial charge in [0.05, 0.1) is 27.0 Å². The second-order valence-electron chi connectivity index (χ2n) is 7.46. The molecule has 186 valence electrons. The van der Waals surface area contributed by atoms with Crippen molar-refractivity contribution in [2.45, 2.75) is 37.8 Å². The van der Waals surface area contributed by atoms with Crippen LogP contribution in [0.2, 0.25) is 10.0 Å². The summed E-state index contributed by atoms with van der Waals surface area (Å²) in [7, 11) is 0. The number of anilines is 1. The molecule has 3 aromatic rings. The summed E-state index contributed by atoms with van der Waals surface area (Å²) in [5, 5.41) is 11.6. The Kier molecular flexibility index (Phi) is 8.74. The predicted octanol–water partition coefficient (Wildman–Crippen LogP) is 6.97. The van der Waals surface area contributed by atoms with E-state index in [0.29, 0.717) is 28.3 Å². The van der Waals surface area contributed by atoms with Gasteiger partial charge in [0.25, 0.3) is 0 Å². The molecule has 1 unspecified atom stereocenters. The number of nitrogens with one attached hydrogen (secondary N) is 1. The van der Waals surface area contributed by atoms with Crippen molar-refractivity contribution in [1.29, 1.82) is 0 Å². The number of halogens is 5. The molecule has 2 aromatic carbocycles. The number of rotatable bonds is 9. The lowest BCUT2D eigenvalue weighted by molar-refractivity contribution is -0.137. The van der Waals surface area contributed by atoms with Crippen LogP contribution in [-0.4, -0.2) is 26.4 Å². The Balaban J connectivity index is 1.71. The number of ether oxygens (including phenoxy) is 1. The van der Waals surface area contributed by atoms with Crippen LogP contribution < -0.4 is 10.1 Å². The normalized spacial score (nSPS) is 12.3. The van der Waals surface area contributed by atoms with Gasteiger partial charge in [-0.3, -0.25) is 9.36 Å². The monoisotopic (exact) mass is 544 g/mol. The van der Waals surface area contributed by atoms with Crippen LogP contribution in [0.25, 0.3) is 0 Å². The summed E-state index contributed by atoms with van der Waals surface area (Å²) in [6.07, 6.45) is -3.43. The SMILES string of the molecule is C=CCn1c(SCC(=O)Nc2cc(C(F)(F)F)ccc2Cl)nnc1C(C)Oc1cc(C)ccc1Cl. The second kappa shape index (κ2) is 11.4. The fourth-order valence-electron chi connectivity index (χ4n) is 3.07. The molecule has 0 fully saturated rings. The molecule has 1 aromatic heterocycles. The van der Waals surface area contributed by atoms with Crippen LogP contribution in [0.1, 0.15) is 30.0 Å². The van der Waals surface area contributed by atoms with E-state index in [0.717, 1.165) is 35.5 Å². The number of aryl methyl sites for hydroxylation is 1. The number of nitrogens with zero attached hydrogens (tertiary/aromatic N) is 3. The van der Waals surface area contributed by atoms with Crippen LogP contribution in [0.4, 0.5) is 18.9 Å². The number of carbonyl (C=O) groups is 1. The first-order chi connectivity index (χ1) is 16.5. The number of aromatic nitrogens is 3. The third-order valence-corrected chi connectivity index (χ3v) is 6.32. The van der Waals surface area contributed by atoms with Gasteiger partial charge in [0, 0.05) is 6.54 Å². The van der Waals surface area contributed by atoms with Crippen LogP contribution in [0, 0.1) is 6.92 Å². The molecule has 0 aliphatic rings. The molecule has 1 atom stereocenters. The minimum absolute atomic E-state index is 0.00533. The van der Waals surface area contributed by atoms with Crippen molar-refractivity contribution in [3.05, 3.63) is 76.0 Å². The Morgan fingerprint density at radius 3 is 2.63 bits per heavy atom. The lowest BCUT2D eigenvalue weighted by Gasteiger charge is -2.17. The number of hydrogen-bond acceptors (Lipinski definition) is 5. The van der Waals surface area contributed by atoms with E-state index in [9.17, 15) is 18.0 Å². The first-order valence-electron chi connectivity index (χ1n) is 10.3. The van der Waals surface area contributed by atoms with E-state index in [1.165, 1.54) is 0 Å². The second-order valence-corrected chi connectivity index (χ2v) is 9.22. The van der Waals surface area contributed by atoms with E-state index in [2.05, 4.69) is 22.1 Å². The predicted molar refractivity (Wildman–Crippen MR) is 131 cm³/mol. The van der Waals surface area contributed by atoms with E-state index in [1.807, 2.05) is 19.1 Å². The van der Waals surface area contributed by atoms with E-state index in [-0.39, 0.29) is 16.5 Å². The maximum Gasteiger partial charge on any atom is 0.416 e. The van der Waals surface area contributed by atoms with Gasteiger partial charge < -0.3 is 10.1 Å². The van der Waals surface area contributed by atoms with Gasteiger partial charge in [-0.05, 0) is 49.7 Å². The number of hydrogen-bond donors (Lipinski definition) is 1. The quantitative estimate of drug-likeness (QED) is 0.232. The third-order valence-electron chi connectivity index (χ3n) is 4.71. The third kappa shape index (κ3) is 6.93. The zero-order valence-corrected chi connectivity index (χ0v) is 21.0. The van der Waals surface area contributed by atoms with Crippen molar-refractivity contribution in [3.8, 4) is 5.75 Å². The van der Waals surface area contributed by atoms with Gasteiger partial charge >= 0.3 is 6.18 Å². The average molecular weight is 545 g/mol. The minimum atomic E-state index is -4.56. The molecular weight excluding hydrogens is 524 g/mol. The molecular formula is C23H21Cl2F3N4O2S. The summed E-state index contributed by atoms with van der Waals surface area (Å²) < 4.78 is 46.6. The first kappa shape index (κ1) is 26.9. The molecule has 0 radical (unpaired) electrons. The average Bonchev–Trinajstić information content (AvgIpc) is 3.18. The maximum atomic E-state index is 13.0. The van der Waals surface area contributed by atoms with Gasteiger partial charge in [-0.1, -0.05) is 47.1 Å². The molecule has 12 heteroatoms. The topological polar surface area (TPSA) is 69.0 Å². The van der Waals surface area contributed by atoms with Crippen LogP contribution in [0.3, 0.4) is 0 Å². The van der Waals surface area contributed by atoms with E-state index in [4.69, 9.17) is 27.9 Å². The summed E-state index contributed by atoms with van der Waals surface area (Å²) in [6, 6.07) is 8.14. The molecule has 0 spiro atoms. The van der Waals surface area contributed by atoms with Gasteiger partial charge in [-0.25, -0.2) is 0 Å². The van der Waals surface area contributed by atoms with Crippen molar-refractivity contribution in [2.24, 2.45) is 0 Å². The number of alkyl halides is 3. The van der Waals surface area contributed by atoms with Crippen molar-refractivity contribution in [1.82, 2.24) is 14.8 Å². The van der Waals surface area contributed by atoms with Crippen molar-refractivity contribution in [3.63, 3.8) is 0 Å². The molecule has 0 aliphatic heterocycles. The van der Waals surface area contributed by atoms with E-state index in [1.54, 1.807) is 23.6 Å². The molecule has 6 nitrogen and oxygen atoms in total. The highest BCUT2D eigenvalue weighted by atomic mass is 35.5. The zero-order chi connectivity index (χ0) is 25.8. The Labute approximate surface area is 214 Å². The van der Waals surface area contributed by atoms with Gasteiger partial charge in [-0.15, -0.1) is 16.8 Å².